The van der Waals surface area contributed by atoms with E-state index in [4.69, 9.17) is 11.6 Å². The summed E-state index contributed by atoms with van der Waals surface area (Å²) in [5.41, 5.74) is 3.08. The van der Waals surface area contributed by atoms with E-state index < -0.39 is 0 Å². The van der Waals surface area contributed by atoms with Crippen LogP contribution in [0.3, 0.4) is 0 Å². The molecular weight excluding hydrogens is 520 g/mol. The minimum absolute atomic E-state index is 0.0620. The Bertz CT molecular complexity index is 1490. The summed E-state index contributed by atoms with van der Waals surface area (Å²) in [6, 6.07) is 22.4. The van der Waals surface area contributed by atoms with Gasteiger partial charge in [-0.2, -0.15) is 0 Å². The predicted molar refractivity (Wildman–Crippen MR) is 154 cm³/mol. The van der Waals surface area contributed by atoms with Crippen molar-refractivity contribution >= 4 is 51.8 Å². The molecule has 3 aromatic carbocycles. The van der Waals surface area contributed by atoms with E-state index in [0.717, 1.165) is 17.5 Å². The van der Waals surface area contributed by atoms with Gasteiger partial charge in [-0.05, 0) is 55.2 Å². The summed E-state index contributed by atoms with van der Waals surface area (Å²) >= 11 is 7.35. The number of nitrogens with one attached hydrogen (secondary N) is 2. The van der Waals surface area contributed by atoms with Crippen LogP contribution in [0, 0.1) is 6.92 Å². The second-order valence-electron chi connectivity index (χ2n) is 8.86. The number of halogens is 1. The highest BCUT2D eigenvalue weighted by Gasteiger charge is 2.14. The Morgan fingerprint density at radius 1 is 1.00 bits per heavy atom. The summed E-state index contributed by atoms with van der Waals surface area (Å²) < 4.78 is 1.56. The molecule has 7 nitrogen and oxygen atoms in total. The Balaban J connectivity index is 1.38. The highest BCUT2D eigenvalue weighted by atomic mass is 35.5. The van der Waals surface area contributed by atoms with Gasteiger partial charge in [-0.3, -0.25) is 19.0 Å². The first-order valence-corrected chi connectivity index (χ1v) is 13.8. The van der Waals surface area contributed by atoms with Crippen LogP contribution in [0.5, 0.6) is 0 Å². The van der Waals surface area contributed by atoms with Crippen LogP contribution in [-0.2, 0) is 22.6 Å². The van der Waals surface area contributed by atoms with E-state index in [1.54, 1.807) is 34.9 Å². The van der Waals surface area contributed by atoms with Crippen molar-refractivity contribution < 1.29 is 9.59 Å². The summed E-state index contributed by atoms with van der Waals surface area (Å²) in [7, 11) is 0. The second-order valence-corrected chi connectivity index (χ2v) is 10.2. The number of aryl methyl sites for hydroxylation is 1. The molecule has 38 heavy (non-hydrogen) atoms. The first-order chi connectivity index (χ1) is 18.4. The number of carbonyl (C=O) groups is 2. The number of para-hydroxylation sites is 1. The second kappa shape index (κ2) is 13.3. The van der Waals surface area contributed by atoms with Crippen LogP contribution in [0.25, 0.3) is 10.9 Å². The molecule has 9 heteroatoms. The van der Waals surface area contributed by atoms with Gasteiger partial charge >= 0.3 is 0 Å². The average Bonchev–Trinajstić information content (AvgIpc) is 2.91. The molecule has 4 aromatic rings. The molecule has 0 radical (unpaired) electrons. The molecule has 1 aromatic heterocycles. The molecule has 1 heterocycles. The maximum atomic E-state index is 13.3. The molecule has 0 aliphatic carbocycles. The van der Waals surface area contributed by atoms with Crippen molar-refractivity contribution in [1.29, 1.82) is 0 Å². The van der Waals surface area contributed by atoms with Gasteiger partial charge in [0.2, 0.25) is 11.8 Å². The summed E-state index contributed by atoms with van der Waals surface area (Å²) in [6.45, 7) is 2.77. The lowest BCUT2D eigenvalue weighted by Crippen LogP contribution is -2.27. The molecule has 0 unspecified atom stereocenters. The smallest absolute Gasteiger partial charge is 0.262 e. The topological polar surface area (TPSA) is 93.1 Å². The Morgan fingerprint density at radius 3 is 2.55 bits per heavy atom. The maximum Gasteiger partial charge on any atom is 0.262 e. The van der Waals surface area contributed by atoms with Crippen molar-refractivity contribution in [2.24, 2.45) is 0 Å². The number of fused-ring (bicyclic) bond motifs is 1. The van der Waals surface area contributed by atoms with Crippen molar-refractivity contribution in [2.75, 3.05) is 17.6 Å². The third-order valence-corrected chi connectivity index (χ3v) is 7.36. The Hall–Kier alpha value is -3.62. The van der Waals surface area contributed by atoms with E-state index in [0.29, 0.717) is 46.3 Å². The summed E-state index contributed by atoms with van der Waals surface area (Å²) in [6.07, 6.45) is 1.52. The van der Waals surface area contributed by atoms with Crippen LogP contribution < -0.4 is 16.2 Å². The van der Waals surface area contributed by atoms with Gasteiger partial charge in [-0.15, -0.1) is 0 Å². The molecule has 0 saturated heterocycles. The zero-order valence-electron chi connectivity index (χ0n) is 21.1. The number of amides is 2. The van der Waals surface area contributed by atoms with Crippen molar-refractivity contribution in [3.05, 3.63) is 99.3 Å². The van der Waals surface area contributed by atoms with Crippen LogP contribution in [0.1, 0.15) is 24.0 Å². The first kappa shape index (κ1) is 27.4. The molecule has 2 amide bonds. The van der Waals surface area contributed by atoms with Crippen LogP contribution in [0.4, 0.5) is 5.69 Å². The van der Waals surface area contributed by atoms with Crippen molar-refractivity contribution in [2.45, 2.75) is 37.9 Å². The van der Waals surface area contributed by atoms with Gasteiger partial charge in [0.05, 0.1) is 16.7 Å². The molecule has 0 aliphatic rings. The minimum atomic E-state index is -0.235. The van der Waals surface area contributed by atoms with Gasteiger partial charge in [0, 0.05) is 30.2 Å². The molecule has 0 aliphatic heterocycles. The van der Waals surface area contributed by atoms with Gasteiger partial charge in [0.15, 0.2) is 5.16 Å². The third-order valence-electron chi connectivity index (χ3n) is 5.98. The summed E-state index contributed by atoms with van der Waals surface area (Å²) in [5.74, 6) is -0.231. The monoisotopic (exact) mass is 548 g/mol. The lowest BCUT2D eigenvalue weighted by atomic mass is 10.1. The lowest BCUT2D eigenvalue weighted by Gasteiger charge is -2.13. The van der Waals surface area contributed by atoms with Crippen molar-refractivity contribution in [3.8, 4) is 0 Å². The van der Waals surface area contributed by atoms with Gasteiger partial charge in [0.1, 0.15) is 0 Å². The van der Waals surface area contributed by atoms with Gasteiger partial charge in [-0.25, -0.2) is 4.98 Å². The predicted octanol–water partition coefficient (Wildman–Crippen LogP) is 5.23. The van der Waals surface area contributed by atoms with E-state index in [2.05, 4.69) is 15.6 Å². The van der Waals surface area contributed by atoms with Crippen LogP contribution >= 0.6 is 23.4 Å². The third kappa shape index (κ3) is 7.46. The summed E-state index contributed by atoms with van der Waals surface area (Å²) in [4.78, 5) is 42.9. The first-order valence-electron chi connectivity index (χ1n) is 12.4. The standard InChI is InChI=1S/C29H29ClN4O3S/c1-20-13-14-22(18-24(20)30)32-27(36)19-38-29-33-25-11-6-5-10-23(25)28(37)34(29)17-7-12-26(35)31-16-15-21-8-3-2-4-9-21/h2-6,8-11,13-14,18H,7,12,15-17,19H2,1H3,(H,31,35)(H,32,36). The molecule has 0 bridgehead atoms. The maximum absolute atomic E-state index is 13.3. The Labute approximate surface area is 230 Å². The molecule has 0 spiro atoms. The van der Waals surface area contributed by atoms with Gasteiger partial charge in [0.25, 0.3) is 5.56 Å². The molecule has 196 valence electrons. The van der Waals surface area contributed by atoms with Crippen LogP contribution in [-0.4, -0.2) is 33.7 Å². The van der Waals surface area contributed by atoms with Crippen LogP contribution in [0.15, 0.2) is 82.7 Å². The number of hydrogen-bond acceptors (Lipinski definition) is 5. The van der Waals surface area contributed by atoms with Crippen molar-refractivity contribution in [1.82, 2.24) is 14.9 Å². The number of thioether (sulfide) groups is 1. The molecule has 4 rings (SSSR count). The zero-order chi connectivity index (χ0) is 26.9. The van der Waals surface area contributed by atoms with Crippen LogP contribution in [0.2, 0.25) is 5.02 Å². The minimum Gasteiger partial charge on any atom is -0.356 e. The highest BCUT2D eigenvalue weighted by molar-refractivity contribution is 7.99. The number of anilines is 1. The molecule has 0 fully saturated rings. The van der Waals surface area contributed by atoms with E-state index >= 15 is 0 Å². The van der Waals surface area contributed by atoms with Crippen molar-refractivity contribution in [3.63, 3.8) is 0 Å². The molecular formula is C29H29ClN4O3S. The molecule has 0 saturated carbocycles. The number of carbonyl (C=O) groups excluding carboxylic acids is 2. The van der Waals surface area contributed by atoms with E-state index in [1.165, 1.54) is 11.8 Å². The van der Waals surface area contributed by atoms with Gasteiger partial charge in [-0.1, -0.05) is 71.9 Å². The summed E-state index contributed by atoms with van der Waals surface area (Å²) in [5, 5.41) is 7.28. The number of aromatic nitrogens is 2. The fourth-order valence-corrected chi connectivity index (χ4v) is 4.94. The van der Waals surface area contributed by atoms with E-state index in [9.17, 15) is 14.4 Å². The Morgan fingerprint density at radius 2 is 1.76 bits per heavy atom. The number of hydrogen-bond donors (Lipinski definition) is 2. The largest absolute Gasteiger partial charge is 0.356 e. The SMILES string of the molecule is Cc1ccc(NC(=O)CSc2nc3ccccc3c(=O)n2CCCC(=O)NCCc2ccccc2)cc1Cl. The lowest BCUT2D eigenvalue weighted by molar-refractivity contribution is -0.121. The van der Waals surface area contributed by atoms with E-state index in [-0.39, 0.29) is 29.5 Å². The quantitative estimate of drug-likeness (QED) is 0.198. The van der Waals surface area contributed by atoms with E-state index in [1.807, 2.05) is 49.4 Å². The molecule has 2 N–H and O–H groups in total. The fraction of sp³-hybridized carbons (Fsp3) is 0.241. The fourth-order valence-electron chi connectivity index (χ4n) is 3.93. The average molecular weight is 549 g/mol. The molecule has 0 atom stereocenters. The number of rotatable bonds is 11. The number of nitrogens with zero attached hydrogens (tertiary/aromatic N) is 2. The van der Waals surface area contributed by atoms with Gasteiger partial charge < -0.3 is 10.6 Å². The number of benzene rings is 3. The normalized spacial score (nSPS) is 10.9. The highest BCUT2D eigenvalue weighted by Crippen LogP contribution is 2.22. The zero-order valence-corrected chi connectivity index (χ0v) is 22.6. The Kier molecular flexibility index (Phi) is 9.56.